The average Bonchev–Trinajstić information content (AvgIpc) is 2.04. The number of hydrogen-bond donors (Lipinski definition) is 2. The zero-order chi connectivity index (χ0) is 7.56. The lowest BCUT2D eigenvalue weighted by molar-refractivity contribution is 0.0187. The summed E-state index contributed by atoms with van der Waals surface area (Å²) in [5.74, 6) is 0. The summed E-state index contributed by atoms with van der Waals surface area (Å²) in [4.78, 5) is 0. The van der Waals surface area contributed by atoms with Crippen LogP contribution in [-0.2, 0) is 0 Å². The molecule has 1 saturated heterocycles. The molecule has 1 aliphatic rings. The lowest BCUT2D eigenvalue weighted by Crippen LogP contribution is -2.24. The highest BCUT2D eigenvalue weighted by Gasteiger charge is 2.21. The Morgan fingerprint density at radius 3 is 1.90 bits per heavy atom. The van der Waals surface area contributed by atoms with Gasteiger partial charge in [-0.1, -0.05) is 0 Å². The van der Waals surface area contributed by atoms with Gasteiger partial charge >= 0.3 is 0 Å². The van der Waals surface area contributed by atoms with Crippen LogP contribution in [0.4, 0.5) is 0 Å². The molecule has 4 heteroatoms. The Morgan fingerprint density at radius 1 is 1.10 bits per heavy atom. The van der Waals surface area contributed by atoms with Gasteiger partial charge in [0.25, 0.3) is 0 Å². The molecule has 0 spiro atoms. The molecule has 2 atom stereocenters. The van der Waals surface area contributed by atoms with E-state index >= 15 is 0 Å². The van der Waals surface area contributed by atoms with Crippen LogP contribution in [0.1, 0.15) is 12.8 Å². The van der Waals surface area contributed by atoms with E-state index in [0.717, 1.165) is 13.1 Å². The fraction of sp³-hybridized carbons (Fsp3) is 1.00. The molecular formula is C6H12INO2. The van der Waals surface area contributed by atoms with Gasteiger partial charge in [0.2, 0.25) is 0 Å². The maximum atomic E-state index is 9.20. The summed E-state index contributed by atoms with van der Waals surface area (Å²) in [6.07, 6.45) is 0.341. The van der Waals surface area contributed by atoms with Crippen molar-refractivity contribution in [2.75, 3.05) is 13.1 Å². The van der Waals surface area contributed by atoms with Crippen LogP contribution in [-0.4, -0.2) is 38.6 Å². The van der Waals surface area contributed by atoms with Gasteiger partial charge in [0.1, 0.15) is 0 Å². The number of hydrogen-bond acceptors (Lipinski definition) is 3. The van der Waals surface area contributed by atoms with E-state index in [2.05, 4.69) is 26.0 Å². The van der Waals surface area contributed by atoms with E-state index in [4.69, 9.17) is 0 Å². The first kappa shape index (κ1) is 8.70. The lowest BCUT2D eigenvalue weighted by atomic mass is 10.1. The summed E-state index contributed by atoms with van der Waals surface area (Å²) < 4.78 is 2.09. The molecule has 0 aromatic rings. The lowest BCUT2D eigenvalue weighted by Gasteiger charge is -2.11. The van der Waals surface area contributed by atoms with Crippen molar-refractivity contribution in [3.8, 4) is 0 Å². The van der Waals surface area contributed by atoms with Crippen molar-refractivity contribution in [1.82, 2.24) is 3.11 Å². The minimum atomic E-state index is -0.514. The zero-order valence-electron chi connectivity index (χ0n) is 5.70. The van der Waals surface area contributed by atoms with Gasteiger partial charge in [0.15, 0.2) is 0 Å². The summed E-state index contributed by atoms with van der Waals surface area (Å²) in [5, 5.41) is 18.4. The van der Waals surface area contributed by atoms with E-state index in [1.807, 2.05) is 0 Å². The van der Waals surface area contributed by atoms with Crippen molar-refractivity contribution < 1.29 is 10.2 Å². The third kappa shape index (κ3) is 2.34. The highest BCUT2D eigenvalue weighted by Crippen LogP contribution is 2.13. The molecule has 0 aromatic heterocycles. The van der Waals surface area contributed by atoms with Gasteiger partial charge in [-0.05, 0) is 12.8 Å². The van der Waals surface area contributed by atoms with Gasteiger partial charge in [-0.25, -0.2) is 3.11 Å². The number of halogens is 1. The van der Waals surface area contributed by atoms with E-state index in [-0.39, 0.29) is 0 Å². The second kappa shape index (κ2) is 3.85. The second-order valence-corrected chi connectivity index (χ2v) is 3.99. The van der Waals surface area contributed by atoms with Crippen LogP contribution in [0.5, 0.6) is 0 Å². The van der Waals surface area contributed by atoms with Gasteiger partial charge in [0.05, 0.1) is 12.2 Å². The molecule has 0 bridgehead atoms. The molecule has 1 fully saturated rings. The van der Waals surface area contributed by atoms with Crippen LogP contribution in [0.3, 0.4) is 0 Å². The Kier molecular flexibility index (Phi) is 3.35. The summed E-state index contributed by atoms with van der Waals surface area (Å²) in [7, 11) is 0. The summed E-state index contributed by atoms with van der Waals surface area (Å²) in [6, 6.07) is 0. The highest BCUT2D eigenvalue weighted by atomic mass is 127. The minimum Gasteiger partial charge on any atom is -0.390 e. The SMILES string of the molecule is O[C@@H]1CCN(I)CC[C@@H]1O. The first-order valence-corrected chi connectivity index (χ1v) is 4.43. The van der Waals surface area contributed by atoms with Crippen LogP contribution in [0.2, 0.25) is 0 Å². The van der Waals surface area contributed by atoms with Crippen LogP contribution in [0.15, 0.2) is 0 Å². The number of aliphatic hydroxyl groups excluding tert-OH is 2. The van der Waals surface area contributed by atoms with Crippen molar-refractivity contribution in [3.63, 3.8) is 0 Å². The molecule has 0 aliphatic carbocycles. The monoisotopic (exact) mass is 257 g/mol. The van der Waals surface area contributed by atoms with Gasteiger partial charge < -0.3 is 10.2 Å². The van der Waals surface area contributed by atoms with Crippen LogP contribution in [0.25, 0.3) is 0 Å². The fourth-order valence-electron chi connectivity index (χ4n) is 1.04. The Balaban J connectivity index is 2.38. The molecule has 0 radical (unpaired) electrons. The van der Waals surface area contributed by atoms with Crippen molar-refractivity contribution >= 4 is 22.9 Å². The highest BCUT2D eigenvalue weighted by molar-refractivity contribution is 14.1. The normalized spacial score (nSPS) is 37.5. The molecule has 1 aliphatic heterocycles. The predicted molar refractivity (Wildman–Crippen MR) is 46.8 cm³/mol. The molecule has 60 valence electrons. The molecule has 1 heterocycles. The third-order valence-corrected chi connectivity index (χ3v) is 2.74. The molecule has 3 nitrogen and oxygen atoms in total. The molecule has 0 unspecified atom stereocenters. The average molecular weight is 257 g/mol. The van der Waals surface area contributed by atoms with Crippen molar-refractivity contribution in [3.05, 3.63) is 0 Å². The van der Waals surface area contributed by atoms with Crippen molar-refractivity contribution in [2.24, 2.45) is 0 Å². The van der Waals surface area contributed by atoms with E-state index in [9.17, 15) is 10.2 Å². The van der Waals surface area contributed by atoms with Crippen LogP contribution >= 0.6 is 22.9 Å². The molecule has 0 saturated carbocycles. The van der Waals surface area contributed by atoms with Gasteiger partial charge in [-0.15, -0.1) is 0 Å². The van der Waals surface area contributed by atoms with Crippen LogP contribution in [0, 0.1) is 0 Å². The summed E-state index contributed by atoms with van der Waals surface area (Å²) in [5.41, 5.74) is 0. The zero-order valence-corrected chi connectivity index (χ0v) is 7.86. The van der Waals surface area contributed by atoms with Gasteiger partial charge in [0, 0.05) is 36.0 Å². The maximum absolute atomic E-state index is 9.20. The molecule has 10 heavy (non-hydrogen) atoms. The number of aliphatic hydroxyl groups is 2. The number of rotatable bonds is 0. The molecule has 1 rings (SSSR count). The van der Waals surface area contributed by atoms with Crippen molar-refractivity contribution in [1.29, 1.82) is 0 Å². The van der Waals surface area contributed by atoms with E-state index in [1.54, 1.807) is 0 Å². The Hall–Kier alpha value is 0.610. The minimum absolute atomic E-state index is 0.514. The Morgan fingerprint density at radius 2 is 1.50 bits per heavy atom. The second-order valence-electron chi connectivity index (χ2n) is 2.62. The van der Waals surface area contributed by atoms with E-state index < -0.39 is 12.2 Å². The van der Waals surface area contributed by atoms with E-state index in [1.165, 1.54) is 0 Å². The standard InChI is InChI=1S/C6H12INO2/c7-8-3-1-5(9)6(10)2-4-8/h5-6,9-10H,1-4H2/t5-,6+. The fourth-order valence-corrected chi connectivity index (χ4v) is 1.60. The van der Waals surface area contributed by atoms with Gasteiger partial charge in [-0.2, -0.15) is 0 Å². The third-order valence-electron chi connectivity index (χ3n) is 1.78. The van der Waals surface area contributed by atoms with Gasteiger partial charge in [-0.3, -0.25) is 0 Å². The van der Waals surface area contributed by atoms with E-state index in [0.29, 0.717) is 12.8 Å². The molecular weight excluding hydrogens is 245 g/mol. The quantitative estimate of drug-likeness (QED) is 0.479. The topological polar surface area (TPSA) is 43.7 Å². The van der Waals surface area contributed by atoms with Crippen molar-refractivity contribution in [2.45, 2.75) is 25.0 Å². The Bertz CT molecular complexity index is 99.9. The summed E-state index contributed by atoms with van der Waals surface area (Å²) in [6.45, 7) is 1.75. The maximum Gasteiger partial charge on any atom is 0.0812 e. The molecule has 2 N–H and O–H groups in total. The first-order valence-electron chi connectivity index (χ1n) is 3.47. The largest absolute Gasteiger partial charge is 0.390 e. The molecule has 0 amide bonds. The summed E-state index contributed by atoms with van der Waals surface area (Å²) >= 11 is 2.21. The molecule has 0 aromatic carbocycles. The van der Waals surface area contributed by atoms with Crippen LogP contribution < -0.4 is 0 Å². The Labute approximate surface area is 74.5 Å². The predicted octanol–water partition coefficient (Wildman–Crippen LogP) is 0.154. The first-order chi connectivity index (χ1) is 4.70. The number of nitrogens with zero attached hydrogens (tertiary/aromatic N) is 1. The smallest absolute Gasteiger partial charge is 0.0812 e.